The Hall–Kier alpha value is -1.74. The van der Waals surface area contributed by atoms with E-state index in [1.54, 1.807) is 6.92 Å². The first-order valence-corrected chi connectivity index (χ1v) is 23.7. The maximum atomic E-state index is 12.6. The molecule has 0 heterocycles. The van der Waals surface area contributed by atoms with E-state index in [0.29, 0.717) is 25.2 Å². The number of amides is 1. The van der Waals surface area contributed by atoms with Gasteiger partial charge in [0, 0.05) is 24.6 Å². The Bertz CT molecular complexity index is 1020. The van der Waals surface area contributed by atoms with Crippen LogP contribution >= 0.6 is 0 Å². The van der Waals surface area contributed by atoms with Gasteiger partial charge in [-0.3, -0.25) is 4.79 Å². The molecule has 0 saturated heterocycles. The minimum absolute atomic E-state index is 0. The van der Waals surface area contributed by atoms with Crippen LogP contribution in [0.5, 0.6) is 0 Å². The zero-order valence-electron chi connectivity index (χ0n) is 31.6. The number of nitrogens with one attached hydrogen (secondary N) is 1. The van der Waals surface area contributed by atoms with Gasteiger partial charge in [0.2, 0.25) is 0 Å². The van der Waals surface area contributed by atoms with Crippen LogP contribution < -0.4 is 5.32 Å². The van der Waals surface area contributed by atoms with Crippen molar-refractivity contribution in [1.29, 1.82) is 0 Å². The van der Waals surface area contributed by atoms with Gasteiger partial charge >= 0.3 is 18.0 Å². The molecule has 0 radical (unpaired) electrons. The molecule has 48 heavy (non-hydrogen) atoms. The number of ether oxygens (including phenoxy) is 4. The Labute approximate surface area is 295 Å². The van der Waals surface area contributed by atoms with Gasteiger partial charge in [0.1, 0.15) is 25.6 Å². The highest BCUT2D eigenvalue weighted by Gasteiger charge is 2.42. The lowest BCUT2D eigenvalue weighted by Gasteiger charge is -2.46. The van der Waals surface area contributed by atoms with E-state index in [2.05, 4.69) is 65.8 Å². The topological polar surface area (TPSA) is 119 Å². The summed E-state index contributed by atoms with van der Waals surface area (Å²) in [7, 11) is -3.73. The SMILES string of the molecule is C.C=C(C)C(=O)OCCOC(=O)CCC1(C)CC(NC(=O)OCCOCCC[Si](C)(C)OC(C)(C)O[Si](C)(C)CCCC)CC(C)(C)C1. The zero-order valence-corrected chi connectivity index (χ0v) is 33.6. The first kappa shape index (κ1) is 46.3. The highest BCUT2D eigenvalue weighted by molar-refractivity contribution is 6.72. The Kier molecular flexibility index (Phi) is 20.1. The van der Waals surface area contributed by atoms with E-state index in [-0.39, 0.29) is 56.5 Å². The van der Waals surface area contributed by atoms with Crippen molar-refractivity contribution in [2.24, 2.45) is 10.8 Å². The van der Waals surface area contributed by atoms with Crippen molar-refractivity contribution in [1.82, 2.24) is 5.32 Å². The minimum Gasteiger partial charge on any atom is -0.462 e. The number of carbonyl (C=O) groups excluding carboxylic acids is 3. The summed E-state index contributed by atoms with van der Waals surface area (Å²) in [5.41, 5.74) is 0.143. The summed E-state index contributed by atoms with van der Waals surface area (Å²) in [6, 6.07) is 2.04. The molecule has 0 aliphatic heterocycles. The first-order chi connectivity index (χ1) is 21.6. The highest BCUT2D eigenvalue weighted by atomic mass is 28.4. The van der Waals surface area contributed by atoms with E-state index in [4.69, 9.17) is 27.8 Å². The van der Waals surface area contributed by atoms with E-state index < -0.39 is 34.5 Å². The van der Waals surface area contributed by atoms with Crippen LogP contribution in [0.15, 0.2) is 12.2 Å². The van der Waals surface area contributed by atoms with Crippen LogP contribution in [-0.2, 0) is 37.4 Å². The zero-order chi connectivity index (χ0) is 35.9. The molecule has 1 aliphatic rings. The Morgan fingerprint density at radius 3 is 2.00 bits per heavy atom. The van der Waals surface area contributed by atoms with E-state index in [1.165, 1.54) is 12.8 Å². The summed E-state index contributed by atoms with van der Waals surface area (Å²) in [6.45, 7) is 28.0. The number of hydrogen-bond donors (Lipinski definition) is 1. The van der Waals surface area contributed by atoms with Crippen molar-refractivity contribution in [3.8, 4) is 0 Å². The molecule has 1 N–H and O–H groups in total. The number of alkyl carbamates (subject to hydrolysis) is 1. The summed E-state index contributed by atoms with van der Waals surface area (Å²) in [4.78, 5) is 36.4. The van der Waals surface area contributed by atoms with Crippen LogP contribution in [-0.4, -0.2) is 79.5 Å². The summed E-state index contributed by atoms with van der Waals surface area (Å²) >= 11 is 0. The molecular formula is C36H71NO9Si2. The second kappa shape index (κ2) is 20.8. The lowest BCUT2D eigenvalue weighted by molar-refractivity contribution is -0.150. The first-order valence-electron chi connectivity index (χ1n) is 17.5. The number of carbonyl (C=O) groups is 3. The average molecular weight is 718 g/mol. The van der Waals surface area contributed by atoms with Crippen molar-refractivity contribution in [3.05, 3.63) is 12.2 Å². The molecular weight excluding hydrogens is 647 g/mol. The molecule has 12 heteroatoms. The van der Waals surface area contributed by atoms with Crippen molar-refractivity contribution in [2.75, 3.05) is 33.0 Å². The highest BCUT2D eigenvalue weighted by Crippen LogP contribution is 2.48. The van der Waals surface area contributed by atoms with Crippen LogP contribution in [0.1, 0.15) is 107 Å². The van der Waals surface area contributed by atoms with Gasteiger partial charge < -0.3 is 33.1 Å². The monoisotopic (exact) mass is 717 g/mol. The minimum atomic E-state index is -1.96. The normalized spacial score (nSPS) is 19.5. The third kappa shape index (κ3) is 20.7. The van der Waals surface area contributed by atoms with Crippen molar-refractivity contribution < 1.29 is 42.2 Å². The van der Waals surface area contributed by atoms with E-state index >= 15 is 0 Å². The van der Waals surface area contributed by atoms with E-state index in [1.807, 2.05) is 13.8 Å². The molecule has 282 valence electrons. The van der Waals surface area contributed by atoms with Crippen LogP contribution in [0.3, 0.4) is 0 Å². The standard InChI is InChI=1S/C35H67NO9Si2.CH4/c1-13-14-23-46(9,10)44-34(6,7)45-47(11,12)24-15-18-40-19-20-43-32(39)36-29-25-33(4,5)27-35(8,26-29)17-16-30(37)41-21-22-42-31(38)28(2)3;/h29H,2,13-27H2,1,3-12H3,(H,36,39);1H4. The van der Waals surface area contributed by atoms with Crippen molar-refractivity contribution in [3.63, 3.8) is 0 Å². The van der Waals surface area contributed by atoms with Gasteiger partial charge in [-0.2, -0.15) is 0 Å². The Balaban J connectivity index is 0.0000221. The third-order valence-electron chi connectivity index (χ3n) is 8.33. The number of rotatable bonds is 22. The molecule has 10 nitrogen and oxygen atoms in total. The maximum absolute atomic E-state index is 12.6. The van der Waals surface area contributed by atoms with Crippen molar-refractivity contribution >= 4 is 34.7 Å². The van der Waals surface area contributed by atoms with Crippen LogP contribution in [0.25, 0.3) is 0 Å². The Morgan fingerprint density at radius 1 is 0.854 bits per heavy atom. The molecule has 1 aliphatic carbocycles. The molecule has 1 rings (SSSR count). The quantitative estimate of drug-likeness (QED) is 0.0293. The molecule has 0 aromatic heterocycles. The Morgan fingerprint density at radius 2 is 1.42 bits per heavy atom. The number of esters is 2. The molecule has 0 aromatic carbocycles. The van der Waals surface area contributed by atoms with Gasteiger partial charge in [-0.25, -0.2) is 9.59 Å². The van der Waals surface area contributed by atoms with Gasteiger partial charge in [-0.1, -0.05) is 54.5 Å². The lowest BCUT2D eigenvalue weighted by atomic mass is 9.61. The molecule has 0 bridgehead atoms. The average Bonchev–Trinajstić information content (AvgIpc) is 2.90. The summed E-state index contributed by atoms with van der Waals surface area (Å²) < 4.78 is 34.4. The fourth-order valence-electron chi connectivity index (χ4n) is 6.98. The fraction of sp³-hybridized carbons (Fsp3) is 0.861. The second-order valence-electron chi connectivity index (χ2n) is 16.1. The predicted molar refractivity (Wildman–Crippen MR) is 198 cm³/mol. The molecule has 2 unspecified atom stereocenters. The molecule has 2 atom stereocenters. The number of unbranched alkanes of at least 4 members (excludes halogenated alkanes) is 1. The molecule has 0 aromatic rings. The van der Waals surface area contributed by atoms with E-state index in [0.717, 1.165) is 37.8 Å². The van der Waals surface area contributed by atoms with E-state index in [9.17, 15) is 14.4 Å². The molecule has 1 fully saturated rings. The summed E-state index contributed by atoms with van der Waals surface area (Å²) in [5, 5.41) is 3.04. The third-order valence-corrected chi connectivity index (χ3v) is 13.5. The molecule has 1 saturated carbocycles. The number of hydrogen-bond acceptors (Lipinski definition) is 9. The smallest absolute Gasteiger partial charge is 0.407 e. The largest absolute Gasteiger partial charge is 0.462 e. The van der Waals surface area contributed by atoms with Crippen molar-refractivity contribution in [2.45, 2.75) is 157 Å². The van der Waals surface area contributed by atoms with Crippen LogP contribution in [0.2, 0.25) is 38.3 Å². The fourth-order valence-corrected chi connectivity index (χ4v) is 12.2. The molecule has 0 spiro atoms. The summed E-state index contributed by atoms with van der Waals surface area (Å²) in [5.74, 6) is -1.41. The lowest BCUT2D eigenvalue weighted by Crippen LogP contribution is -2.48. The van der Waals surface area contributed by atoms with Gasteiger partial charge in [-0.05, 0) is 102 Å². The van der Waals surface area contributed by atoms with Crippen LogP contribution in [0, 0.1) is 10.8 Å². The predicted octanol–water partition coefficient (Wildman–Crippen LogP) is 8.76. The molecule has 1 amide bonds. The second-order valence-corrected chi connectivity index (χ2v) is 24.6. The summed E-state index contributed by atoms with van der Waals surface area (Å²) in [6.07, 6.45) is 6.19. The van der Waals surface area contributed by atoms with Gasteiger partial charge in [0.25, 0.3) is 0 Å². The van der Waals surface area contributed by atoms with Gasteiger partial charge in [0.05, 0.1) is 6.61 Å². The van der Waals surface area contributed by atoms with Gasteiger partial charge in [0.15, 0.2) is 16.6 Å². The van der Waals surface area contributed by atoms with Crippen LogP contribution in [0.4, 0.5) is 4.79 Å². The van der Waals surface area contributed by atoms with Gasteiger partial charge in [-0.15, -0.1) is 0 Å². The maximum Gasteiger partial charge on any atom is 0.407 e.